The molecule has 0 spiro atoms. The highest BCUT2D eigenvalue weighted by molar-refractivity contribution is 9.10. The van der Waals surface area contributed by atoms with Crippen molar-refractivity contribution in [2.75, 3.05) is 11.9 Å². The number of fused-ring (bicyclic) bond motifs is 1. The lowest BCUT2D eigenvalue weighted by Gasteiger charge is -2.41. The van der Waals surface area contributed by atoms with E-state index in [1.807, 2.05) is 18.2 Å². The Kier molecular flexibility index (Phi) is 2.99. The molecule has 1 aromatic carbocycles. The highest BCUT2D eigenvalue weighted by Crippen LogP contribution is 2.36. The van der Waals surface area contributed by atoms with Gasteiger partial charge in [0.05, 0.1) is 12.1 Å². The van der Waals surface area contributed by atoms with Gasteiger partial charge in [0.1, 0.15) is 5.82 Å². The molecular weight excluding hydrogens is 292 g/mol. The summed E-state index contributed by atoms with van der Waals surface area (Å²) in [6, 6.07) is 8.08. The summed E-state index contributed by atoms with van der Waals surface area (Å²) in [4.78, 5) is 4.42. The van der Waals surface area contributed by atoms with Gasteiger partial charge in [0.25, 0.3) is 0 Å². The van der Waals surface area contributed by atoms with Crippen molar-refractivity contribution in [3.05, 3.63) is 34.9 Å². The molecule has 1 heterocycles. The van der Waals surface area contributed by atoms with Gasteiger partial charge in [-0.05, 0) is 31.4 Å². The lowest BCUT2D eigenvalue weighted by atomic mass is 9.77. The Morgan fingerprint density at radius 1 is 1.28 bits per heavy atom. The van der Waals surface area contributed by atoms with Crippen LogP contribution in [0, 0.1) is 0 Å². The third-order valence-electron chi connectivity index (χ3n) is 3.75. The average molecular weight is 307 g/mol. The molecule has 1 saturated carbocycles. The molecule has 18 heavy (non-hydrogen) atoms. The van der Waals surface area contributed by atoms with Crippen LogP contribution in [0.5, 0.6) is 0 Å². The van der Waals surface area contributed by atoms with Crippen LogP contribution in [0.4, 0.5) is 5.82 Å². The number of benzene rings is 1. The lowest BCUT2D eigenvalue weighted by molar-refractivity contribution is 0.144. The lowest BCUT2D eigenvalue weighted by Crippen LogP contribution is -2.48. The summed E-state index contributed by atoms with van der Waals surface area (Å²) < 4.78 is 1.07. The Hall–Kier alpha value is -1.13. The van der Waals surface area contributed by atoms with Crippen LogP contribution >= 0.6 is 15.9 Å². The molecule has 0 unspecified atom stereocenters. The number of halogens is 1. The first kappa shape index (κ1) is 11.9. The Morgan fingerprint density at radius 3 is 2.78 bits per heavy atom. The summed E-state index contributed by atoms with van der Waals surface area (Å²) in [6.07, 6.45) is 4.99. The third kappa shape index (κ3) is 1.89. The van der Waals surface area contributed by atoms with Gasteiger partial charge in [-0.1, -0.05) is 28.1 Å². The average Bonchev–Trinajstić information content (AvgIpc) is 2.35. The zero-order valence-corrected chi connectivity index (χ0v) is 11.6. The SMILES string of the molecule is OCC1(Nc2nccc3c(Br)cccc23)CCC1. The predicted octanol–water partition coefficient (Wildman–Crippen LogP) is 3.32. The number of anilines is 1. The maximum atomic E-state index is 9.52. The van der Waals surface area contributed by atoms with Crippen LogP contribution in [0.25, 0.3) is 10.8 Å². The van der Waals surface area contributed by atoms with Crippen molar-refractivity contribution < 1.29 is 5.11 Å². The maximum Gasteiger partial charge on any atom is 0.134 e. The summed E-state index contributed by atoms with van der Waals surface area (Å²) >= 11 is 3.55. The number of rotatable bonds is 3. The third-order valence-corrected chi connectivity index (χ3v) is 4.44. The monoisotopic (exact) mass is 306 g/mol. The smallest absolute Gasteiger partial charge is 0.134 e. The molecule has 2 aromatic rings. The first-order chi connectivity index (χ1) is 8.74. The molecule has 3 nitrogen and oxygen atoms in total. The van der Waals surface area contributed by atoms with Crippen LogP contribution < -0.4 is 5.32 Å². The van der Waals surface area contributed by atoms with Gasteiger partial charge in [-0.2, -0.15) is 0 Å². The van der Waals surface area contributed by atoms with Gasteiger partial charge >= 0.3 is 0 Å². The Labute approximate surface area is 114 Å². The van der Waals surface area contributed by atoms with Crippen molar-refractivity contribution in [1.29, 1.82) is 0 Å². The normalized spacial score (nSPS) is 17.4. The van der Waals surface area contributed by atoms with Gasteiger partial charge < -0.3 is 10.4 Å². The molecule has 4 heteroatoms. The molecule has 94 valence electrons. The summed E-state index contributed by atoms with van der Waals surface area (Å²) in [5, 5.41) is 15.2. The molecule has 0 radical (unpaired) electrons. The van der Waals surface area contributed by atoms with Crippen LogP contribution in [-0.4, -0.2) is 22.2 Å². The van der Waals surface area contributed by atoms with Crippen molar-refractivity contribution in [3.63, 3.8) is 0 Å². The fourth-order valence-electron chi connectivity index (χ4n) is 2.45. The highest BCUT2D eigenvalue weighted by Gasteiger charge is 2.36. The number of hydrogen-bond acceptors (Lipinski definition) is 3. The van der Waals surface area contributed by atoms with Crippen LogP contribution in [0.15, 0.2) is 34.9 Å². The van der Waals surface area contributed by atoms with E-state index in [9.17, 15) is 5.11 Å². The predicted molar refractivity (Wildman–Crippen MR) is 76.7 cm³/mol. The van der Waals surface area contributed by atoms with E-state index in [1.54, 1.807) is 6.20 Å². The molecule has 2 N–H and O–H groups in total. The summed E-state index contributed by atoms with van der Waals surface area (Å²) in [5.74, 6) is 0.863. The zero-order chi connectivity index (χ0) is 12.6. The fourth-order valence-corrected chi connectivity index (χ4v) is 2.94. The van der Waals surface area contributed by atoms with Gasteiger partial charge in [-0.3, -0.25) is 0 Å². The molecule has 0 amide bonds. The second-order valence-corrected chi connectivity index (χ2v) is 5.77. The topological polar surface area (TPSA) is 45.1 Å². The van der Waals surface area contributed by atoms with E-state index in [1.165, 1.54) is 6.42 Å². The van der Waals surface area contributed by atoms with Crippen LogP contribution in [-0.2, 0) is 0 Å². The Balaban J connectivity index is 2.04. The van der Waals surface area contributed by atoms with Crippen molar-refractivity contribution in [3.8, 4) is 0 Å². The van der Waals surface area contributed by atoms with E-state index < -0.39 is 0 Å². The van der Waals surface area contributed by atoms with E-state index in [-0.39, 0.29) is 12.1 Å². The summed E-state index contributed by atoms with van der Waals surface area (Å²) in [6.45, 7) is 0.166. The Bertz CT molecular complexity index is 576. The van der Waals surface area contributed by atoms with Gasteiger partial charge in [0.15, 0.2) is 0 Å². The van der Waals surface area contributed by atoms with Crippen molar-refractivity contribution in [2.24, 2.45) is 0 Å². The zero-order valence-electron chi connectivity index (χ0n) is 9.99. The Morgan fingerprint density at radius 2 is 2.11 bits per heavy atom. The van der Waals surface area contributed by atoms with E-state index in [0.717, 1.165) is 33.9 Å². The number of hydrogen-bond donors (Lipinski definition) is 2. The molecular formula is C14H15BrN2O. The first-order valence-corrected chi connectivity index (χ1v) is 6.96. The standard InChI is InChI=1S/C14H15BrN2O/c15-12-4-1-3-11-10(12)5-8-16-13(11)17-14(9-18)6-2-7-14/h1,3-5,8,18H,2,6-7,9H2,(H,16,17). The van der Waals surface area contributed by atoms with E-state index in [4.69, 9.17) is 0 Å². The molecule has 0 saturated heterocycles. The second kappa shape index (κ2) is 4.52. The van der Waals surface area contributed by atoms with Crippen molar-refractivity contribution >= 4 is 32.5 Å². The molecule has 3 rings (SSSR count). The minimum atomic E-state index is -0.163. The van der Waals surface area contributed by atoms with Gasteiger partial charge in [-0.15, -0.1) is 0 Å². The largest absolute Gasteiger partial charge is 0.394 e. The number of pyridine rings is 1. The molecule has 1 fully saturated rings. The van der Waals surface area contributed by atoms with Crippen LogP contribution in [0.2, 0.25) is 0 Å². The van der Waals surface area contributed by atoms with Crippen LogP contribution in [0.3, 0.4) is 0 Å². The van der Waals surface area contributed by atoms with Gasteiger partial charge in [-0.25, -0.2) is 4.98 Å². The van der Waals surface area contributed by atoms with E-state index >= 15 is 0 Å². The minimum absolute atomic E-state index is 0.163. The molecule has 1 aliphatic rings. The fraction of sp³-hybridized carbons (Fsp3) is 0.357. The number of aromatic nitrogens is 1. The summed E-state index contributed by atoms with van der Waals surface area (Å²) in [7, 11) is 0. The highest BCUT2D eigenvalue weighted by atomic mass is 79.9. The van der Waals surface area contributed by atoms with E-state index in [2.05, 4.69) is 32.3 Å². The first-order valence-electron chi connectivity index (χ1n) is 6.16. The summed E-state index contributed by atoms with van der Waals surface area (Å²) in [5.41, 5.74) is -0.163. The number of aliphatic hydroxyl groups excluding tert-OH is 1. The second-order valence-electron chi connectivity index (χ2n) is 4.91. The molecule has 0 bridgehead atoms. The van der Waals surface area contributed by atoms with E-state index in [0.29, 0.717) is 0 Å². The minimum Gasteiger partial charge on any atom is -0.394 e. The van der Waals surface area contributed by atoms with Crippen LogP contribution in [0.1, 0.15) is 19.3 Å². The number of aliphatic hydroxyl groups is 1. The van der Waals surface area contributed by atoms with Crippen molar-refractivity contribution in [2.45, 2.75) is 24.8 Å². The quantitative estimate of drug-likeness (QED) is 0.914. The number of nitrogens with one attached hydrogen (secondary N) is 1. The molecule has 0 aliphatic heterocycles. The maximum absolute atomic E-state index is 9.52. The van der Waals surface area contributed by atoms with Gasteiger partial charge in [0.2, 0.25) is 0 Å². The number of nitrogens with zero attached hydrogens (tertiary/aromatic N) is 1. The molecule has 1 aliphatic carbocycles. The van der Waals surface area contributed by atoms with Crippen molar-refractivity contribution in [1.82, 2.24) is 4.98 Å². The molecule has 1 aromatic heterocycles. The van der Waals surface area contributed by atoms with Gasteiger partial charge in [0, 0.05) is 21.4 Å². The molecule has 0 atom stereocenters.